The molecule has 0 spiro atoms. The van der Waals surface area contributed by atoms with Crippen molar-refractivity contribution in [3.63, 3.8) is 0 Å². The molecular weight excluding hydrogens is 366 g/mol. The molecule has 2 heterocycles. The van der Waals surface area contributed by atoms with Crippen molar-refractivity contribution in [3.8, 4) is 0 Å². The molecule has 0 aliphatic carbocycles. The second-order valence-corrected chi connectivity index (χ2v) is 7.78. The number of fused-ring (bicyclic) bond motifs is 1. The number of para-hydroxylation sites is 1. The Labute approximate surface area is 173 Å². The summed E-state index contributed by atoms with van der Waals surface area (Å²) < 4.78 is 5.95. The number of hydrogen-bond donors (Lipinski definition) is 2. The first kappa shape index (κ1) is 21.2. The number of carbonyl (C=O) groups is 1. The summed E-state index contributed by atoms with van der Waals surface area (Å²) in [5.41, 5.74) is 2.08. The van der Waals surface area contributed by atoms with Gasteiger partial charge in [0.15, 0.2) is 5.96 Å². The van der Waals surface area contributed by atoms with Crippen molar-refractivity contribution in [2.24, 2.45) is 4.99 Å². The number of nitrogens with one attached hydrogen (secondary N) is 2. The fourth-order valence-electron chi connectivity index (χ4n) is 3.94. The lowest BCUT2D eigenvalue weighted by Crippen LogP contribution is -2.44. The fourth-order valence-corrected chi connectivity index (χ4v) is 3.94. The van der Waals surface area contributed by atoms with Gasteiger partial charge in [-0.3, -0.25) is 14.7 Å². The van der Waals surface area contributed by atoms with Gasteiger partial charge in [-0.2, -0.15) is 0 Å². The van der Waals surface area contributed by atoms with E-state index in [2.05, 4.69) is 33.5 Å². The Morgan fingerprint density at radius 1 is 1.31 bits per heavy atom. The number of nitrogens with zero attached hydrogens (tertiary/aromatic N) is 3. The maximum Gasteiger partial charge on any atom is 0.239 e. The summed E-state index contributed by atoms with van der Waals surface area (Å²) >= 11 is 0. The third kappa shape index (κ3) is 5.09. The highest BCUT2D eigenvalue weighted by molar-refractivity contribution is 5.83. The summed E-state index contributed by atoms with van der Waals surface area (Å²) in [5, 5.41) is 7.84. The van der Waals surface area contributed by atoms with Crippen LogP contribution in [0, 0.1) is 6.92 Å². The molecule has 1 unspecified atom stereocenters. The van der Waals surface area contributed by atoms with Crippen molar-refractivity contribution in [2.45, 2.75) is 38.8 Å². The zero-order valence-electron chi connectivity index (χ0n) is 18.0. The lowest BCUT2D eigenvalue weighted by molar-refractivity contribution is -0.133. The maximum absolute atomic E-state index is 12.3. The molecule has 1 aliphatic rings. The normalized spacial score (nSPS) is 17.7. The van der Waals surface area contributed by atoms with Gasteiger partial charge in [0, 0.05) is 45.2 Å². The van der Waals surface area contributed by atoms with Crippen LogP contribution in [0.25, 0.3) is 11.0 Å². The minimum Gasteiger partial charge on any atom is -0.459 e. The van der Waals surface area contributed by atoms with Crippen molar-refractivity contribution >= 4 is 22.8 Å². The Balaban J connectivity index is 1.44. The molecule has 7 heteroatoms. The van der Waals surface area contributed by atoms with Crippen LogP contribution in [-0.2, 0) is 11.3 Å². The van der Waals surface area contributed by atoms with Crippen molar-refractivity contribution < 1.29 is 9.21 Å². The summed E-state index contributed by atoms with van der Waals surface area (Å²) in [7, 11) is 5.44. The van der Waals surface area contributed by atoms with Crippen LogP contribution >= 0.6 is 0 Å². The third-order valence-corrected chi connectivity index (χ3v) is 5.59. The van der Waals surface area contributed by atoms with E-state index in [-0.39, 0.29) is 11.9 Å². The van der Waals surface area contributed by atoms with Crippen molar-refractivity contribution in [3.05, 3.63) is 35.6 Å². The van der Waals surface area contributed by atoms with Gasteiger partial charge in [-0.25, -0.2) is 0 Å². The molecule has 2 N–H and O–H groups in total. The minimum atomic E-state index is 0.0403. The summed E-state index contributed by atoms with van der Waals surface area (Å²) in [5.74, 6) is 1.90. The first-order valence-corrected chi connectivity index (χ1v) is 10.4. The quantitative estimate of drug-likeness (QED) is 0.425. The Bertz CT molecular complexity index is 858. The molecule has 1 aromatic carbocycles. The van der Waals surface area contributed by atoms with E-state index in [0.29, 0.717) is 6.54 Å². The van der Waals surface area contributed by atoms with Gasteiger partial charge in [-0.15, -0.1) is 0 Å². The van der Waals surface area contributed by atoms with E-state index < -0.39 is 0 Å². The van der Waals surface area contributed by atoms with Gasteiger partial charge in [-0.05, 0) is 38.8 Å². The van der Waals surface area contributed by atoms with E-state index in [1.54, 1.807) is 11.9 Å². The van der Waals surface area contributed by atoms with Crippen LogP contribution < -0.4 is 10.6 Å². The topological polar surface area (TPSA) is 73.1 Å². The monoisotopic (exact) mass is 399 g/mol. The Hall–Kier alpha value is -2.54. The molecule has 1 saturated heterocycles. The molecule has 29 heavy (non-hydrogen) atoms. The molecule has 1 fully saturated rings. The Kier molecular flexibility index (Phi) is 7.14. The first-order chi connectivity index (χ1) is 14.0. The van der Waals surface area contributed by atoms with E-state index in [9.17, 15) is 4.79 Å². The van der Waals surface area contributed by atoms with Crippen LogP contribution in [0.4, 0.5) is 0 Å². The largest absolute Gasteiger partial charge is 0.459 e. The van der Waals surface area contributed by atoms with Gasteiger partial charge in [-0.1, -0.05) is 18.2 Å². The van der Waals surface area contributed by atoms with E-state index in [4.69, 9.17) is 4.42 Å². The molecule has 158 valence electrons. The molecule has 2 aromatic rings. The second-order valence-electron chi connectivity index (χ2n) is 7.78. The molecule has 0 radical (unpaired) electrons. The van der Waals surface area contributed by atoms with Crippen LogP contribution in [0.2, 0.25) is 0 Å². The number of carbonyl (C=O) groups excluding carboxylic acids is 1. The van der Waals surface area contributed by atoms with Crippen LogP contribution in [0.3, 0.4) is 0 Å². The summed E-state index contributed by atoms with van der Waals surface area (Å²) in [4.78, 5) is 20.6. The number of rotatable bonds is 7. The highest BCUT2D eigenvalue weighted by atomic mass is 16.3. The lowest BCUT2D eigenvalue weighted by atomic mass is 10.1. The van der Waals surface area contributed by atoms with Crippen molar-refractivity contribution in [2.75, 3.05) is 40.8 Å². The second kappa shape index (κ2) is 9.78. The molecule has 0 bridgehead atoms. The van der Waals surface area contributed by atoms with Gasteiger partial charge >= 0.3 is 0 Å². The number of hydrogen-bond acceptors (Lipinski definition) is 4. The predicted octanol–water partition coefficient (Wildman–Crippen LogP) is 2.35. The molecule has 1 atom stereocenters. The SMILES string of the molecule is CN=C(NCCCN1CCCC1C(=O)N(C)C)NCc1oc2ccccc2c1C. The number of guanidine groups is 1. The average Bonchev–Trinajstić information content (AvgIpc) is 3.31. The number of benzene rings is 1. The van der Waals surface area contributed by atoms with E-state index in [1.807, 2.05) is 32.3 Å². The number of aliphatic imine (C=N–C) groups is 1. The number of aryl methyl sites for hydroxylation is 1. The summed E-state index contributed by atoms with van der Waals surface area (Å²) in [6.45, 7) is 5.39. The summed E-state index contributed by atoms with van der Waals surface area (Å²) in [6.07, 6.45) is 3.02. The number of furan rings is 1. The highest BCUT2D eigenvalue weighted by Crippen LogP contribution is 2.24. The van der Waals surface area contributed by atoms with Crippen LogP contribution in [-0.4, -0.2) is 68.5 Å². The number of likely N-dealkylation sites (tertiary alicyclic amines) is 1. The third-order valence-electron chi connectivity index (χ3n) is 5.59. The van der Waals surface area contributed by atoms with Gasteiger partial charge in [0.1, 0.15) is 11.3 Å². The van der Waals surface area contributed by atoms with Gasteiger partial charge in [0.25, 0.3) is 0 Å². The smallest absolute Gasteiger partial charge is 0.239 e. The van der Waals surface area contributed by atoms with Crippen LogP contribution in [0.15, 0.2) is 33.7 Å². The summed E-state index contributed by atoms with van der Waals surface area (Å²) in [6, 6.07) is 8.13. The van der Waals surface area contributed by atoms with Gasteiger partial charge in [0.2, 0.25) is 5.91 Å². The average molecular weight is 400 g/mol. The molecule has 0 saturated carbocycles. The standard InChI is InChI=1S/C22H33N5O2/c1-16-17-9-5-6-11-19(17)29-20(16)15-25-22(23-2)24-12-8-14-27-13-7-10-18(27)21(28)26(3)4/h5-6,9,11,18H,7-8,10,12-15H2,1-4H3,(H2,23,24,25). The Morgan fingerprint density at radius 3 is 2.83 bits per heavy atom. The highest BCUT2D eigenvalue weighted by Gasteiger charge is 2.30. The van der Waals surface area contributed by atoms with Crippen molar-refractivity contribution in [1.29, 1.82) is 0 Å². The van der Waals surface area contributed by atoms with Crippen molar-refractivity contribution in [1.82, 2.24) is 20.4 Å². The van der Waals surface area contributed by atoms with E-state index in [1.165, 1.54) is 0 Å². The predicted molar refractivity (Wildman–Crippen MR) is 117 cm³/mol. The first-order valence-electron chi connectivity index (χ1n) is 10.4. The molecule has 1 aromatic heterocycles. The molecule has 1 aliphatic heterocycles. The number of likely N-dealkylation sites (N-methyl/N-ethyl adjacent to an activating group) is 1. The zero-order valence-corrected chi connectivity index (χ0v) is 18.0. The number of amides is 1. The minimum absolute atomic E-state index is 0.0403. The van der Waals surface area contributed by atoms with Gasteiger partial charge in [0.05, 0.1) is 12.6 Å². The Morgan fingerprint density at radius 2 is 2.10 bits per heavy atom. The van der Waals surface area contributed by atoms with Crippen LogP contribution in [0.5, 0.6) is 0 Å². The zero-order chi connectivity index (χ0) is 20.8. The van der Waals surface area contributed by atoms with Crippen LogP contribution in [0.1, 0.15) is 30.6 Å². The van der Waals surface area contributed by atoms with E-state index >= 15 is 0 Å². The molecule has 3 rings (SSSR count). The molecule has 7 nitrogen and oxygen atoms in total. The fraction of sp³-hybridized carbons (Fsp3) is 0.545. The maximum atomic E-state index is 12.3. The molecule has 1 amide bonds. The lowest BCUT2D eigenvalue weighted by Gasteiger charge is -2.26. The molecular formula is C22H33N5O2. The van der Waals surface area contributed by atoms with E-state index in [0.717, 1.165) is 67.1 Å². The van der Waals surface area contributed by atoms with Gasteiger partial charge < -0.3 is 20.0 Å².